The summed E-state index contributed by atoms with van der Waals surface area (Å²) in [6.45, 7) is 4.04. The number of fused-ring (bicyclic) bond motifs is 1. The van der Waals surface area contributed by atoms with E-state index < -0.39 is 5.72 Å². The van der Waals surface area contributed by atoms with Crippen LogP contribution < -0.4 is 5.32 Å². The smallest absolute Gasteiger partial charge is 0.276 e. The molecule has 0 aliphatic carbocycles. The SMILES string of the molecule is Cc1cc(Br)cc2c1NC(=O)[C@]2(O)N1CCOCC1. The molecule has 2 N–H and O–H groups in total. The standard InChI is InChI=1S/C13H15BrN2O3/c1-8-6-9(14)7-10-11(8)15-12(17)13(10,18)16-2-4-19-5-3-16/h6-7,18H,2-5H2,1H3,(H,15,17)/t13-/m0/s1. The lowest BCUT2D eigenvalue weighted by molar-refractivity contribution is -0.168. The number of anilines is 1. The summed E-state index contributed by atoms with van der Waals surface area (Å²) < 4.78 is 6.13. The van der Waals surface area contributed by atoms with Gasteiger partial charge in [-0.3, -0.25) is 9.69 Å². The second-order valence-corrected chi connectivity index (χ2v) is 5.79. The minimum atomic E-state index is -1.59. The van der Waals surface area contributed by atoms with Crippen LogP contribution in [0.1, 0.15) is 11.1 Å². The Labute approximate surface area is 119 Å². The number of aryl methyl sites for hydroxylation is 1. The Morgan fingerprint density at radius 1 is 1.42 bits per heavy atom. The van der Waals surface area contributed by atoms with Gasteiger partial charge < -0.3 is 15.2 Å². The van der Waals surface area contributed by atoms with E-state index in [2.05, 4.69) is 21.2 Å². The first-order valence-electron chi connectivity index (χ1n) is 6.20. The summed E-state index contributed by atoms with van der Waals surface area (Å²) in [7, 11) is 0. The van der Waals surface area contributed by atoms with Gasteiger partial charge in [-0.25, -0.2) is 0 Å². The number of carbonyl (C=O) groups is 1. The molecule has 102 valence electrons. The topological polar surface area (TPSA) is 61.8 Å². The highest BCUT2D eigenvalue weighted by Gasteiger charge is 2.50. The minimum Gasteiger partial charge on any atom is -0.379 e. The van der Waals surface area contributed by atoms with Crippen LogP contribution in [0.3, 0.4) is 0 Å². The Hall–Kier alpha value is -0.950. The highest BCUT2D eigenvalue weighted by molar-refractivity contribution is 9.10. The first kappa shape index (κ1) is 13.1. The van der Waals surface area contributed by atoms with Gasteiger partial charge in [0.15, 0.2) is 0 Å². The maximum Gasteiger partial charge on any atom is 0.276 e. The maximum atomic E-state index is 12.3. The van der Waals surface area contributed by atoms with Gasteiger partial charge in [0.2, 0.25) is 5.72 Å². The van der Waals surface area contributed by atoms with Crippen molar-refractivity contribution < 1.29 is 14.6 Å². The molecule has 0 unspecified atom stereocenters. The van der Waals surface area contributed by atoms with Crippen LogP contribution in [0.4, 0.5) is 5.69 Å². The van der Waals surface area contributed by atoms with Gasteiger partial charge in [0.1, 0.15) is 0 Å². The first-order valence-corrected chi connectivity index (χ1v) is 7.00. The minimum absolute atomic E-state index is 0.384. The zero-order valence-electron chi connectivity index (χ0n) is 10.6. The molecule has 3 rings (SSSR count). The monoisotopic (exact) mass is 326 g/mol. The van der Waals surface area contributed by atoms with Crippen molar-refractivity contribution in [2.24, 2.45) is 0 Å². The second kappa shape index (κ2) is 4.56. The van der Waals surface area contributed by atoms with Gasteiger partial charge in [-0.1, -0.05) is 15.9 Å². The van der Waals surface area contributed by atoms with E-state index in [1.165, 1.54) is 0 Å². The Morgan fingerprint density at radius 3 is 2.79 bits per heavy atom. The molecule has 1 fully saturated rings. The van der Waals surface area contributed by atoms with Crippen molar-refractivity contribution >= 4 is 27.5 Å². The van der Waals surface area contributed by atoms with Crippen molar-refractivity contribution in [1.29, 1.82) is 0 Å². The van der Waals surface area contributed by atoms with E-state index in [0.717, 1.165) is 10.0 Å². The summed E-state index contributed by atoms with van der Waals surface area (Å²) >= 11 is 3.42. The van der Waals surface area contributed by atoms with Crippen molar-refractivity contribution in [3.8, 4) is 0 Å². The van der Waals surface area contributed by atoms with E-state index >= 15 is 0 Å². The number of ether oxygens (including phenoxy) is 1. The molecule has 19 heavy (non-hydrogen) atoms. The molecule has 1 saturated heterocycles. The summed E-state index contributed by atoms with van der Waals surface area (Å²) in [4.78, 5) is 14.0. The summed E-state index contributed by atoms with van der Waals surface area (Å²) in [5, 5.41) is 13.7. The van der Waals surface area contributed by atoms with Crippen molar-refractivity contribution in [2.75, 3.05) is 31.6 Å². The average Bonchev–Trinajstić information content (AvgIpc) is 2.66. The van der Waals surface area contributed by atoms with E-state index in [1.807, 2.05) is 13.0 Å². The zero-order valence-corrected chi connectivity index (χ0v) is 12.2. The number of nitrogens with one attached hydrogen (secondary N) is 1. The Balaban J connectivity index is 2.10. The molecule has 0 radical (unpaired) electrons. The third-order valence-electron chi connectivity index (χ3n) is 3.70. The van der Waals surface area contributed by atoms with Crippen molar-refractivity contribution in [3.63, 3.8) is 0 Å². The van der Waals surface area contributed by atoms with Crippen LogP contribution in [0, 0.1) is 6.92 Å². The van der Waals surface area contributed by atoms with E-state index in [-0.39, 0.29) is 5.91 Å². The van der Waals surface area contributed by atoms with Gasteiger partial charge in [0.05, 0.1) is 18.9 Å². The van der Waals surface area contributed by atoms with Crippen molar-refractivity contribution in [1.82, 2.24) is 4.90 Å². The first-order chi connectivity index (χ1) is 9.03. The third kappa shape index (κ3) is 1.90. The molecule has 0 saturated carbocycles. The van der Waals surface area contributed by atoms with Crippen LogP contribution in [0.5, 0.6) is 0 Å². The number of hydrogen-bond donors (Lipinski definition) is 2. The third-order valence-corrected chi connectivity index (χ3v) is 4.16. The molecule has 1 aromatic carbocycles. The van der Waals surface area contributed by atoms with Gasteiger partial charge in [0, 0.05) is 23.1 Å². The summed E-state index contributed by atoms with van der Waals surface area (Å²) in [5.41, 5.74) is 0.670. The number of nitrogens with zero attached hydrogens (tertiary/aromatic N) is 1. The molecule has 1 atom stereocenters. The van der Waals surface area contributed by atoms with Gasteiger partial charge in [-0.05, 0) is 24.6 Å². The fourth-order valence-corrected chi connectivity index (χ4v) is 3.28. The highest BCUT2D eigenvalue weighted by Crippen LogP contribution is 2.42. The fraction of sp³-hybridized carbons (Fsp3) is 0.462. The molecule has 2 aliphatic rings. The van der Waals surface area contributed by atoms with Crippen LogP contribution in [-0.4, -0.2) is 42.2 Å². The Bertz CT molecular complexity index is 543. The predicted octanol–water partition coefficient (Wildman–Crippen LogP) is 1.19. The number of morpholine rings is 1. The van der Waals surface area contributed by atoms with Crippen LogP contribution >= 0.6 is 15.9 Å². The summed E-state index contributed by atoms with van der Waals surface area (Å²) in [6, 6.07) is 3.72. The quantitative estimate of drug-likeness (QED) is 0.813. The highest BCUT2D eigenvalue weighted by atomic mass is 79.9. The molecular weight excluding hydrogens is 312 g/mol. The second-order valence-electron chi connectivity index (χ2n) is 4.87. The molecule has 1 aromatic rings. The van der Waals surface area contributed by atoms with E-state index in [1.54, 1.807) is 11.0 Å². The Kier molecular flexibility index (Phi) is 3.13. The molecule has 0 aromatic heterocycles. The normalized spacial score (nSPS) is 27.2. The van der Waals surface area contributed by atoms with Gasteiger partial charge in [-0.2, -0.15) is 0 Å². The van der Waals surface area contributed by atoms with Crippen LogP contribution in [-0.2, 0) is 15.3 Å². The molecule has 0 bridgehead atoms. The lowest BCUT2D eigenvalue weighted by Crippen LogP contribution is -2.55. The molecule has 2 aliphatic heterocycles. The molecule has 6 heteroatoms. The van der Waals surface area contributed by atoms with Gasteiger partial charge >= 0.3 is 0 Å². The number of halogens is 1. The largest absolute Gasteiger partial charge is 0.379 e. The van der Waals surface area contributed by atoms with Crippen LogP contribution in [0.25, 0.3) is 0 Å². The van der Waals surface area contributed by atoms with Crippen LogP contribution in [0.2, 0.25) is 0 Å². The van der Waals surface area contributed by atoms with Crippen molar-refractivity contribution in [2.45, 2.75) is 12.6 Å². The van der Waals surface area contributed by atoms with Gasteiger partial charge in [0.25, 0.3) is 5.91 Å². The lowest BCUT2D eigenvalue weighted by atomic mass is 10.00. The average molecular weight is 327 g/mol. The van der Waals surface area contributed by atoms with E-state index in [9.17, 15) is 9.90 Å². The van der Waals surface area contributed by atoms with Crippen LogP contribution in [0.15, 0.2) is 16.6 Å². The zero-order chi connectivity index (χ0) is 13.6. The number of aliphatic hydroxyl groups is 1. The number of amides is 1. The van der Waals surface area contributed by atoms with E-state index in [4.69, 9.17) is 4.74 Å². The predicted molar refractivity (Wildman–Crippen MR) is 73.8 cm³/mol. The molecule has 5 nitrogen and oxygen atoms in total. The van der Waals surface area contributed by atoms with E-state index in [0.29, 0.717) is 37.6 Å². The number of carbonyl (C=O) groups excluding carboxylic acids is 1. The number of rotatable bonds is 1. The summed E-state index contributed by atoms with van der Waals surface area (Å²) in [6.07, 6.45) is 0. The molecular formula is C13H15BrN2O3. The molecule has 0 spiro atoms. The Morgan fingerprint density at radius 2 is 2.11 bits per heavy atom. The fourth-order valence-electron chi connectivity index (χ4n) is 2.71. The molecule has 2 heterocycles. The van der Waals surface area contributed by atoms with Crippen molar-refractivity contribution in [3.05, 3.63) is 27.7 Å². The number of benzene rings is 1. The lowest BCUT2D eigenvalue weighted by Gasteiger charge is -2.37. The summed E-state index contributed by atoms with van der Waals surface area (Å²) in [5.74, 6) is -0.384. The number of hydrogen-bond acceptors (Lipinski definition) is 4. The van der Waals surface area contributed by atoms with Gasteiger partial charge in [-0.15, -0.1) is 0 Å². The molecule has 1 amide bonds. The maximum absolute atomic E-state index is 12.3.